The van der Waals surface area contributed by atoms with Gasteiger partial charge < -0.3 is 10.1 Å². The molecule has 0 aromatic heterocycles. The second kappa shape index (κ2) is 7.38. The number of rotatable bonds is 8. The van der Waals surface area contributed by atoms with E-state index in [1.165, 1.54) is 0 Å². The molecule has 108 valence electrons. The number of anilines is 1. The number of hydrogen-bond acceptors (Lipinski definition) is 4. The molecule has 19 heavy (non-hydrogen) atoms. The molecule has 1 atom stereocenters. The lowest BCUT2D eigenvalue weighted by Crippen LogP contribution is -2.26. The van der Waals surface area contributed by atoms with Gasteiger partial charge in [-0.25, -0.2) is 8.42 Å². The summed E-state index contributed by atoms with van der Waals surface area (Å²) in [5, 5.41) is 3.21. The first-order chi connectivity index (χ1) is 8.98. The van der Waals surface area contributed by atoms with Crippen molar-refractivity contribution in [3.63, 3.8) is 0 Å². The zero-order chi connectivity index (χ0) is 14.3. The zero-order valence-electron chi connectivity index (χ0n) is 11.8. The Morgan fingerprint density at radius 1 is 1.26 bits per heavy atom. The van der Waals surface area contributed by atoms with Gasteiger partial charge in [0.05, 0.1) is 18.0 Å². The third-order valence-corrected chi connectivity index (χ3v) is 4.58. The second-order valence-electron chi connectivity index (χ2n) is 4.59. The smallest absolute Gasteiger partial charge is 0.152 e. The van der Waals surface area contributed by atoms with Crippen molar-refractivity contribution < 1.29 is 13.2 Å². The van der Waals surface area contributed by atoms with E-state index in [1.54, 1.807) is 6.92 Å². The molecule has 0 aliphatic rings. The lowest BCUT2D eigenvalue weighted by atomic mass is 10.2. The Labute approximate surface area is 116 Å². The van der Waals surface area contributed by atoms with E-state index in [4.69, 9.17) is 4.74 Å². The summed E-state index contributed by atoms with van der Waals surface area (Å²) in [5.41, 5.74) is 0.842. The average molecular weight is 285 g/mol. The molecule has 0 saturated carbocycles. The van der Waals surface area contributed by atoms with E-state index >= 15 is 0 Å². The fraction of sp³-hybridized carbons (Fsp3) is 0.571. The maximum absolute atomic E-state index is 11.6. The van der Waals surface area contributed by atoms with Crippen LogP contribution in [0.5, 0.6) is 5.75 Å². The normalized spacial score (nSPS) is 13.0. The van der Waals surface area contributed by atoms with Crippen LogP contribution in [-0.2, 0) is 9.84 Å². The van der Waals surface area contributed by atoms with Gasteiger partial charge in [-0.3, -0.25) is 0 Å². The number of sulfone groups is 1. The monoisotopic (exact) mass is 285 g/mol. The summed E-state index contributed by atoms with van der Waals surface area (Å²) in [4.78, 5) is 0. The molecule has 0 spiro atoms. The maximum Gasteiger partial charge on any atom is 0.152 e. The summed E-state index contributed by atoms with van der Waals surface area (Å²) in [6.45, 7) is 6.23. The van der Waals surface area contributed by atoms with Crippen molar-refractivity contribution >= 4 is 15.5 Å². The first-order valence-corrected chi connectivity index (χ1v) is 8.49. The first kappa shape index (κ1) is 15.8. The van der Waals surface area contributed by atoms with E-state index in [0.717, 1.165) is 17.9 Å². The van der Waals surface area contributed by atoms with Gasteiger partial charge in [0.1, 0.15) is 5.75 Å². The fourth-order valence-corrected chi connectivity index (χ4v) is 2.81. The molecule has 1 unspecified atom stereocenters. The largest absolute Gasteiger partial charge is 0.491 e. The lowest BCUT2D eigenvalue weighted by Gasteiger charge is -2.18. The Hall–Kier alpha value is -1.23. The van der Waals surface area contributed by atoms with E-state index in [2.05, 4.69) is 5.32 Å². The van der Waals surface area contributed by atoms with Crippen LogP contribution in [0.25, 0.3) is 0 Å². The molecular formula is C14H23NO3S. The van der Waals surface area contributed by atoms with Gasteiger partial charge in [-0.15, -0.1) is 0 Å². The quantitative estimate of drug-likeness (QED) is 0.798. The fourth-order valence-electron chi connectivity index (χ4n) is 1.73. The summed E-state index contributed by atoms with van der Waals surface area (Å²) in [6.07, 6.45) is 0.939. The molecule has 1 rings (SSSR count). The van der Waals surface area contributed by atoms with Gasteiger partial charge in [-0.1, -0.05) is 26.0 Å². The third-order valence-electron chi connectivity index (χ3n) is 2.69. The number of ether oxygens (including phenoxy) is 1. The Bertz CT molecular complexity index is 485. The second-order valence-corrected chi connectivity index (χ2v) is 6.99. The summed E-state index contributed by atoms with van der Waals surface area (Å²) >= 11 is 0. The predicted molar refractivity (Wildman–Crippen MR) is 79.6 cm³/mol. The minimum absolute atomic E-state index is 0.131. The van der Waals surface area contributed by atoms with Gasteiger partial charge >= 0.3 is 0 Å². The molecule has 0 bridgehead atoms. The summed E-state index contributed by atoms with van der Waals surface area (Å²) in [5.74, 6) is 1.07. The number of benzene rings is 1. The van der Waals surface area contributed by atoms with Crippen molar-refractivity contribution in [2.75, 3.05) is 23.4 Å². The molecular weight excluding hydrogens is 262 g/mol. The summed E-state index contributed by atoms with van der Waals surface area (Å²) < 4.78 is 28.8. The van der Waals surface area contributed by atoms with Crippen LogP contribution >= 0.6 is 0 Å². The summed E-state index contributed by atoms with van der Waals surface area (Å²) in [6, 6.07) is 7.46. The Kier molecular flexibility index (Phi) is 6.15. The van der Waals surface area contributed by atoms with Crippen molar-refractivity contribution in [1.82, 2.24) is 0 Å². The highest BCUT2D eigenvalue weighted by Gasteiger charge is 2.14. The van der Waals surface area contributed by atoms with Gasteiger partial charge in [-0.05, 0) is 25.5 Å². The van der Waals surface area contributed by atoms with Crippen LogP contribution < -0.4 is 10.1 Å². The van der Waals surface area contributed by atoms with E-state index in [9.17, 15) is 8.42 Å². The van der Waals surface area contributed by atoms with Gasteiger partial charge in [0, 0.05) is 11.8 Å². The highest BCUT2D eigenvalue weighted by Crippen LogP contribution is 2.24. The molecule has 0 aliphatic carbocycles. The standard InChI is InChI=1S/C14H23NO3S/c1-4-10-18-14-9-7-6-8-13(14)15-12(3)11-19(16,17)5-2/h6-9,12,15H,4-5,10-11H2,1-3H3. The molecule has 0 saturated heterocycles. The molecule has 1 aromatic carbocycles. The van der Waals surface area contributed by atoms with Gasteiger partial charge in [0.2, 0.25) is 0 Å². The zero-order valence-corrected chi connectivity index (χ0v) is 12.7. The number of para-hydroxylation sites is 2. The van der Waals surface area contributed by atoms with Crippen LogP contribution in [0.3, 0.4) is 0 Å². The molecule has 0 aliphatic heterocycles. The van der Waals surface area contributed by atoms with E-state index < -0.39 is 9.84 Å². The minimum Gasteiger partial charge on any atom is -0.491 e. The SMILES string of the molecule is CCCOc1ccccc1NC(C)CS(=O)(=O)CC. The van der Waals surface area contributed by atoms with Crippen LogP contribution in [0.15, 0.2) is 24.3 Å². The highest BCUT2D eigenvalue weighted by atomic mass is 32.2. The minimum atomic E-state index is -2.97. The molecule has 0 fully saturated rings. The maximum atomic E-state index is 11.6. The van der Waals surface area contributed by atoms with E-state index in [-0.39, 0.29) is 17.5 Å². The van der Waals surface area contributed by atoms with Crippen molar-refractivity contribution in [3.05, 3.63) is 24.3 Å². The molecule has 0 amide bonds. The van der Waals surface area contributed by atoms with Crippen LogP contribution in [0.1, 0.15) is 27.2 Å². The Morgan fingerprint density at radius 2 is 1.95 bits per heavy atom. The molecule has 0 radical (unpaired) electrons. The topological polar surface area (TPSA) is 55.4 Å². The predicted octanol–water partition coefficient (Wildman–Crippen LogP) is 2.71. The van der Waals surface area contributed by atoms with E-state index in [0.29, 0.717) is 6.61 Å². The van der Waals surface area contributed by atoms with Crippen molar-refractivity contribution in [3.8, 4) is 5.75 Å². The van der Waals surface area contributed by atoms with Gasteiger partial charge in [0.25, 0.3) is 0 Å². The lowest BCUT2D eigenvalue weighted by molar-refractivity contribution is 0.318. The first-order valence-electron chi connectivity index (χ1n) is 6.67. The van der Waals surface area contributed by atoms with Crippen molar-refractivity contribution in [2.24, 2.45) is 0 Å². The van der Waals surface area contributed by atoms with Crippen LogP contribution in [0.2, 0.25) is 0 Å². The van der Waals surface area contributed by atoms with Crippen LogP contribution in [-0.4, -0.2) is 32.6 Å². The Balaban J connectivity index is 2.70. The molecule has 0 heterocycles. The van der Waals surface area contributed by atoms with E-state index in [1.807, 2.05) is 38.1 Å². The van der Waals surface area contributed by atoms with Crippen LogP contribution in [0, 0.1) is 0 Å². The molecule has 4 nitrogen and oxygen atoms in total. The Morgan fingerprint density at radius 3 is 2.58 bits per heavy atom. The van der Waals surface area contributed by atoms with Gasteiger partial charge in [0.15, 0.2) is 9.84 Å². The molecule has 1 aromatic rings. The average Bonchev–Trinajstić information content (AvgIpc) is 2.37. The van der Waals surface area contributed by atoms with Crippen molar-refractivity contribution in [2.45, 2.75) is 33.2 Å². The molecule has 1 N–H and O–H groups in total. The van der Waals surface area contributed by atoms with Crippen molar-refractivity contribution in [1.29, 1.82) is 0 Å². The molecule has 5 heteroatoms. The third kappa shape index (κ3) is 5.51. The van der Waals surface area contributed by atoms with Gasteiger partial charge in [-0.2, -0.15) is 0 Å². The highest BCUT2D eigenvalue weighted by molar-refractivity contribution is 7.91. The van der Waals surface area contributed by atoms with Crippen LogP contribution in [0.4, 0.5) is 5.69 Å². The number of nitrogens with one attached hydrogen (secondary N) is 1. The summed E-state index contributed by atoms with van der Waals surface area (Å²) in [7, 11) is -2.97. The number of hydrogen-bond donors (Lipinski definition) is 1.